The second-order valence-corrected chi connectivity index (χ2v) is 3.87. The summed E-state index contributed by atoms with van der Waals surface area (Å²) in [6, 6.07) is 3.78. The molecular formula is C13H11N3O2. The third-order valence-corrected chi connectivity index (χ3v) is 2.93. The molecule has 1 aliphatic heterocycles. The van der Waals surface area contributed by atoms with E-state index in [4.69, 9.17) is 4.74 Å². The summed E-state index contributed by atoms with van der Waals surface area (Å²) < 4.78 is 5.30. The first-order chi connectivity index (χ1) is 8.85. The standard InChI is InChI=1S/C13H11N3O2/c1-18-10-6-8-2-4-14-9-3-5-15-13(11(8)9)12(10)16-7-17/h2-7,14H,1H3,(H,16,17). The molecule has 0 aliphatic carbocycles. The Hall–Kier alpha value is -2.56. The molecule has 2 N–H and O–H groups in total. The van der Waals surface area contributed by atoms with E-state index in [0.29, 0.717) is 23.4 Å². The third-order valence-electron chi connectivity index (χ3n) is 2.93. The van der Waals surface area contributed by atoms with Crippen molar-refractivity contribution in [3.05, 3.63) is 30.1 Å². The van der Waals surface area contributed by atoms with Crippen LogP contribution in [0.3, 0.4) is 0 Å². The van der Waals surface area contributed by atoms with Crippen molar-refractivity contribution < 1.29 is 9.53 Å². The summed E-state index contributed by atoms with van der Waals surface area (Å²) in [6.45, 7) is 0. The predicted molar refractivity (Wildman–Crippen MR) is 70.6 cm³/mol. The van der Waals surface area contributed by atoms with Crippen LogP contribution in [0.5, 0.6) is 5.75 Å². The highest BCUT2D eigenvalue weighted by molar-refractivity contribution is 6.08. The minimum Gasteiger partial charge on any atom is -0.494 e. The van der Waals surface area contributed by atoms with Gasteiger partial charge in [-0.25, -0.2) is 0 Å². The van der Waals surface area contributed by atoms with Crippen LogP contribution in [0.4, 0.5) is 11.4 Å². The number of carbonyl (C=O) groups is 1. The molecular weight excluding hydrogens is 230 g/mol. The number of ether oxygens (including phenoxy) is 1. The molecule has 18 heavy (non-hydrogen) atoms. The van der Waals surface area contributed by atoms with Gasteiger partial charge in [0.1, 0.15) is 17.0 Å². The highest BCUT2D eigenvalue weighted by Gasteiger charge is 2.16. The molecule has 90 valence electrons. The molecule has 1 amide bonds. The number of nitrogens with one attached hydrogen (secondary N) is 2. The average molecular weight is 241 g/mol. The summed E-state index contributed by atoms with van der Waals surface area (Å²) in [5.74, 6) is 0.598. The van der Waals surface area contributed by atoms with Gasteiger partial charge in [-0.05, 0) is 23.8 Å². The summed E-state index contributed by atoms with van der Waals surface area (Å²) in [5, 5.41) is 6.79. The summed E-state index contributed by atoms with van der Waals surface area (Å²) in [5.41, 5.74) is 3.28. The molecule has 0 atom stereocenters. The molecule has 1 aromatic heterocycles. The van der Waals surface area contributed by atoms with Crippen LogP contribution in [-0.4, -0.2) is 18.5 Å². The van der Waals surface area contributed by atoms with Gasteiger partial charge in [0.25, 0.3) is 0 Å². The molecule has 0 saturated heterocycles. The van der Waals surface area contributed by atoms with Crippen LogP contribution >= 0.6 is 0 Å². The first-order valence-electron chi connectivity index (χ1n) is 5.48. The van der Waals surface area contributed by atoms with E-state index in [2.05, 4.69) is 15.6 Å². The number of carbonyl (C=O) groups excluding carboxylic acids is 1. The van der Waals surface area contributed by atoms with Crippen molar-refractivity contribution in [2.24, 2.45) is 0 Å². The molecule has 0 bridgehead atoms. The first kappa shape index (κ1) is 10.6. The van der Waals surface area contributed by atoms with E-state index in [1.165, 1.54) is 0 Å². The van der Waals surface area contributed by atoms with Crippen molar-refractivity contribution >= 4 is 34.8 Å². The van der Waals surface area contributed by atoms with Gasteiger partial charge in [0.2, 0.25) is 6.41 Å². The number of pyridine rings is 1. The van der Waals surface area contributed by atoms with E-state index in [1.807, 2.05) is 24.4 Å². The van der Waals surface area contributed by atoms with Crippen molar-refractivity contribution in [3.63, 3.8) is 0 Å². The second kappa shape index (κ2) is 4.03. The number of nitrogens with zero attached hydrogens (tertiary/aromatic N) is 1. The Kier molecular flexibility index (Phi) is 2.37. The van der Waals surface area contributed by atoms with Crippen molar-refractivity contribution in [3.8, 4) is 5.75 Å². The molecule has 1 aromatic carbocycles. The second-order valence-electron chi connectivity index (χ2n) is 3.87. The molecule has 0 saturated carbocycles. The smallest absolute Gasteiger partial charge is 0.211 e. The Bertz CT molecular complexity index is 665. The van der Waals surface area contributed by atoms with Crippen LogP contribution in [0.1, 0.15) is 5.56 Å². The van der Waals surface area contributed by atoms with Crippen LogP contribution in [0.25, 0.3) is 17.0 Å². The molecule has 2 aromatic rings. The Morgan fingerprint density at radius 2 is 2.39 bits per heavy atom. The van der Waals surface area contributed by atoms with Gasteiger partial charge in [-0.2, -0.15) is 0 Å². The van der Waals surface area contributed by atoms with Crippen molar-refractivity contribution in [2.45, 2.75) is 0 Å². The number of amides is 1. The zero-order valence-electron chi connectivity index (χ0n) is 9.73. The van der Waals surface area contributed by atoms with Crippen LogP contribution in [-0.2, 0) is 4.79 Å². The summed E-state index contributed by atoms with van der Waals surface area (Å²) in [6.07, 6.45) is 6.14. The van der Waals surface area contributed by atoms with Gasteiger partial charge in [0.15, 0.2) is 0 Å². The SMILES string of the molecule is COc1cc2c3c(ccnc3c1NC=O)NC=C2. The Morgan fingerprint density at radius 1 is 1.50 bits per heavy atom. The van der Waals surface area contributed by atoms with Gasteiger partial charge >= 0.3 is 0 Å². The van der Waals surface area contributed by atoms with E-state index in [1.54, 1.807) is 13.3 Å². The quantitative estimate of drug-likeness (QED) is 0.809. The number of methoxy groups -OCH3 is 1. The number of hydrogen-bond donors (Lipinski definition) is 2. The van der Waals surface area contributed by atoms with Crippen LogP contribution in [0, 0.1) is 0 Å². The fourth-order valence-electron chi connectivity index (χ4n) is 2.18. The summed E-state index contributed by atoms with van der Waals surface area (Å²) in [7, 11) is 1.57. The Morgan fingerprint density at radius 3 is 3.17 bits per heavy atom. The third kappa shape index (κ3) is 1.41. The van der Waals surface area contributed by atoms with Gasteiger partial charge in [-0.1, -0.05) is 0 Å². The number of aromatic nitrogens is 1. The fraction of sp³-hybridized carbons (Fsp3) is 0.0769. The zero-order valence-corrected chi connectivity index (χ0v) is 9.73. The molecule has 3 rings (SSSR count). The predicted octanol–water partition coefficient (Wildman–Crippen LogP) is 2.21. The van der Waals surface area contributed by atoms with E-state index < -0.39 is 0 Å². The fourth-order valence-corrected chi connectivity index (χ4v) is 2.18. The first-order valence-corrected chi connectivity index (χ1v) is 5.48. The minimum absolute atomic E-state index is 0.588. The monoisotopic (exact) mass is 241 g/mol. The summed E-state index contributed by atoms with van der Waals surface area (Å²) in [4.78, 5) is 15.1. The number of hydrogen-bond acceptors (Lipinski definition) is 4. The molecule has 0 unspecified atom stereocenters. The molecule has 2 heterocycles. The molecule has 0 spiro atoms. The Balaban J connectivity index is 2.42. The van der Waals surface area contributed by atoms with Gasteiger partial charge < -0.3 is 15.4 Å². The largest absolute Gasteiger partial charge is 0.494 e. The number of rotatable bonds is 3. The highest BCUT2D eigenvalue weighted by Crippen LogP contribution is 2.39. The van der Waals surface area contributed by atoms with Crippen molar-refractivity contribution in [1.82, 2.24) is 4.98 Å². The lowest BCUT2D eigenvalue weighted by Gasteiger charge is -2.17. The van der Waals surface area contributed by atoms with E-state index >= 15 is 0 Å². The van der Waals surface area contributed by atoms with Crippen LogP contribution in [0.15, 0.2) is 24.5 Å². The van der Waals surface area contributed by atoms with Gasteiger partial charge in [-0.15, -0.1) is 0 Å². The minimum atomic E-state index is 0.588. The van der Waals surface area contributed by atoms with Crippen molar-refractivity contribution in [2.75, 3.05) is 17.7 Å². The normalized spacial score (nSPS) is 12.1. The molecule has 0 radical (unpaired) electrons. The van der Waals surface area contributed by atoms with E-state index in [-0.39, 0.29) is 0 Å². The van der Waals surface area contributed by atoms with Gasteiger partial charge in [-0.3, -0.25) is 9.78 Å². The van der Waals surface area contributed by atoms with Crippen LogP contribution in [0.2, 0.25) is 0 Å². The number of benzene rings is 1. The lowest BCUT2D eigenvalue weighted by atomic mass is 10.0. The van der Waals surface area contributed by atoms with E-state index in [9.17, 15) is 4.79 Å². The van der Waals surface area contributed by atoms with Crippen molar-refractivity contribution in [1.29, 1.82) is 0 Å². The van der Waals surface area contributed by atoms with Crippen LogP contribution < -0.4 is 15.4 Å². The summed E-state index contributed by atoms with van der Waals surface area (Å²) >= 11 is 0. The number of anilines is 2. The average Bonchev–Trinajstić information content (AvgIpc) is 2.42. The maximum atomic E-state index is 10.7. The Labute approximate surface area is 103 Å². The zero-order chi connectivity index (χ0) is 12.5. The molecule has 1 aliphatic rings. The topological polar surface area (TPSA) is 63.2 Å². The maximum Gasteiger partial charge on any atom is 0.211 e. The maximum absolute atomic E-state index is 10.7. The lowest BCUT2D eigenvalue weighted by molar-refractivity contribution is -0.105. The van der Waals surface area contributed by atoms with Gasteiger partial charge in [0, 0.05) is 23.5 Å². The highest BCUT2D eigenvalue weighted by atomic mass is 16.5. The molecule has 0 fully saturated rings. The molecule has 5 nitrogen and oxygen atoms in total. The van der Waals surface area contributed by atoms with E-state index in [0.717, 1.165) is 16.6 Å². The van der Waals surface area contributed by atoms with Gasteiger partial charge in [0.05, 0.1) is 7.11 Å². The lowest BCUT2D eigenvalue weighted by Crippen LogP contribution is -2.03. The molecule has 5 heteroatoms.